The van der Waals surface area contributed by atoms with E-state index in [1.54, 1.807) is 6.92 Å². The largest absolute Gasteiger partial charge is 0.459 e. The number of nitrogens with zero attached hydrogens (tertiary/aromatic N) is 5. The van der Waals surface area contributed by atoms with Gasteiger partial charge in [-0.25, -0.2) is 19.7 Å². The lowest BCUT2D eigenvalue weighted by atomic mass is 10.2. The molecule has 3 rings (SSSR count). The van der Waals surface area contributed by atoms with E-state index in [0.29, 0.717) is 6.61 Å². The summed E-state index contributed by atoms with van der Waals surface area (Å²) in [5, 5.41) is 3.87. The smallest absolute Gasteiger partial charge is 0.420 e. The van der Waals surface area contributed by atoms with Crippen molar-refractivity contribution in [3.05, 3.63) is 35.4 Å². The van der Waals surface area contributed by atoms with Crippen molar-refractivity contribution < 1.29 is 37.2 Å². The van der Waals surface area contributed by atoms with Gasteiger partial charge in [-0.3, -0.25) is 4.89 Å². The highest BCUT2D eigenvalue weighted by molar-refractivity contribution is 6.30. The SMILES string of the molecule is CCOC[C@H](Oc1ncnc2c1cnn2-c1ncc(Cl)cc1C(F)(F)F)C(=O)OOC. The first kappa shape index (κ1) is 22.7. The fourth-order valence-corrected chi connectivity index (χ4v) is 2.68. The number of fused-ring (bicyclic) bond motifs is 1. The van der Waals surface area contributed by atoms with Crippen molar-refractivity contribution in [2.45, 2.75) is 19.2 Å². The van der Waals surface area contributed by atoms with Crippen molar-refractivity contribution in [3.8, 4) is 11.7 Å². The van der Waals surface area contributed by atoms with Gasteiger partial charge in [0.2, 0.25) is 12.0 Å². The molecule has 0 aromatic carbocycles. The van der Waals surface area contributed by atoms with Crippen molar-refractivity contribution in [1.82, 2.24) is 24.7 Å². The first-order valence-corrected chi connectivity index (χ1v) is 9.04. The molecule has 0 aliphatic rings. The predicted octanol–water partition coefficient (Wildman–Crippen LogP) is 2.77. The molecule has 0 unspecified atom stereocenters. The Kier molecular flexibility index (Phi) is 6.87. The van der Waals surface area contributed by atoms with Gasteiger partial charge in [0, 0.05) is 12.8 Å². The Bertz CT molecular complexity index is 1080. The molecule has 3 aromatic rings. The van der Waals surface area contributed by atoms with E-state index in [2.05, 4.69) is 29.8 Å². The summed E-state index contributed by atoms with van der Waals surface area (Å²) in [6.45, 7) is 1.82. The van der Waals surface area contributed by atoms with Gasteiger partial charge in [0.25, 0.3) is 0 Å². The minimum atomic E-state index is -4.75. The summed E-state index contributed by atoms with van der Waals surface area (Å²) in [5.74, 6) is -1.56. The van der Waals surface area contributed by atoms with Crippen LogP contribution in [0.15, 0.2) is 24.8 Å². The van der Waals surface area contributed by atoms with Crippen LogP contribution in [0, 0.1) is 0 Å². The molecule has 31 heavy (non-hydrogen) atoms. The zero-order valence-electron chi connectivity index (χ0n) is 16.1. The number of carbonyl (C=O) groups is 1. The number of carbonyl (C=O) groups excluding carboxylic acids is 1. The van der Waals surface area contributed by atoms with Crippen LogP contribution in [0.4, 0.5) is 13.2 Å². The lowest BCUT2D eigenvalue weighted by Gasteiger charge is -2.16. The molecule has 0 saturated heterocycles. The minimum absolute atomic E-state index is 0.0411. The van der Waals surface area contributed by atoms with Crippen LogP contribution in [0.1, 0.15) is 12.5 Å². The van der Waals surface area contributed by atoms with Gasteiger partial charge in [-0.2, -0.15) is 27.8 Å². The standard InChI is InChI=1S/C17H15ClF3N5O5/c1-3-29-7-12(16(27)31-28-2)30-15-10-6-25-26(13(10)23-8-24-15)14-11(17(19,20)21)4-9(18)5-22-14/h4-6,8,12H,3,7H2,1-2H3/t12-/m0/s1. The number of hydrogen-bond donors (Lipinski definition) is 0. The summed E-state index contributed by atoms with van der Waals surface area (Å²) in [4.78, 5) is 32.5. The van der Waals surface area contributed by atoms with Gasteiger partial charge >= 0.3 is 12.1 Å². The Morgan fingerprint density at radius 1 is 1.26 bits per heavy atom. The molecule has 3 aromatic heterocycles. The van der Waals surface area contributed by atoms with Gasteiger partial charge in [0.05, 0.1) is 24.9 Å². The highest BCUT2D eigenvalue weighted by Crippen LogP contribution is 2.35. The van der Waals surface area contributed by atoms with Gasteiger partial charge in [0.15, 0.2) is 11.5 Å². The third-order valence-electron chi connectivity index (χ3n) is 3.82. The van der Waals surface area contributed by atoms with Gasteiger partial charge < -0.3 is 9.47 Å². The van der Waals surface area contributed by atoms with E-state index in [9.17, 15) is 18.0 Å². The van der Waals surface area contributed by atoms with Crippen molar-refractivity contribution in [2.24, 2.45) is 0 Å². The van der Waals surface area contributed by atoms with Crippen molar-refractivity contribution in [3.63, 3.8) is 0 Å². The Morgan fingerprint density at radius 2 is 2.03 bits per heavy atom. The highest BCUT2D eigenvalue weighted by atomic mass is 35.5. The molecule has 0 N–H and O–H groups in total. The number of ether oxygens (including phenoxy) is 2. The maximum Gasteiger partial charge on any atom is 0.420 e. The second-order valence-electron chi connectivity index (χ2n) is 5.83. The zero-order valence-corrected chi connectivity index (χ0v) is 16.8. The molecular weight excluding hydrogens is 447 g/mol. The summed E-state index contributed by atoms with van der Waals surface area (Å²) in [7, 11) is 1.14. The normalized spacial score (nSPS) is 12.7. The molecule has 0 amide bonds. The molecule has 1 atom stereocenters. The maximum atomic E-state index is 13.5. The molecule has 0 radical (unpaired) electrons. The third-order valence-corrected chi connectivity index (χ3v) is 4.03. The quantitative estimate of drug-likeness (QED) is 0.369. The topological polar surface area (TPSA) is 110 Å². The Morgan fingerprint density at radius 3 is 2.71 bits per heavy atom. The van der Waals surface area contributed by atoms with E-state index in [1.807, 2.05) is 0 Å². The predicted molar refractivity (Wildman–Crippen MR) is 98.5 cm³/mol. The number of halogens is 4. The summed E-state index contributed by atoms with van der Waals surface area (Å²) in [5.41, 5.74) is -1.15. The average Bonchev–Trinajstić information content (AvgIpc) is 3.15. The van der Waals surface area contributed by atoms with Gasteiger partial charge in [0.1, 0.15) is 17.3 Å². The summed E-state index contributed by atoms with van der Waals surface area (Å²) >= 11 is 5.68. The fourth-order valence-electron chi connectivity index (χ4n) is 2.53. The van der Waals surface area contributed by atoms with Gasteiger partial charge in [-0.1, -0.05) is 11.6 Å². The van der Waals surface area contributed by atoms with Crippen molar-refractivity contribution >= 4 is 28.6 Å². The van der Waals surface area contributed by atoms with Crippen LogP contribution >= 0.6 is 11.6 Å². The van der Waals surface area contributed by atoms with Crippen LogP contribution in [-0.2, 0) is 25.5 Å². The average molecular weight is 462 g/mol. The molecule has 0 spiro atoms. The third kappa shape index (κ3) is 5.00. The summed E-state index contributed by atoms with van der Waals surface area (Å²) < 4.78 is 52.1. The number of alkyl halides is 3. The molecule has 0 bridgehead atoms. The Labute approximate surface area is 177 Å². The van der Waals surface area contributed by atoms with Gasteiger partial charge in [-0.15, -0.1) is 0 Å². The molecule has 166 valence electrons. The molecule has 0 fully saturated rings. The molecule has 14 heteroatoms. The van der Waals surface area contributed by atoms with E-state index in [1.165, 1.54) is 6.20 Å². The number of rotatable bonds is 8. The lowest BCUT2D eigenvalue weighted by Crippen LogP contribution is -2.34. The first-order chi connectivity index (χ1) is 14.8. The molecule has 3 heterocycles. The van der Waals surface area contributed by atoms with Crippen LogP contribution in [0.5, 0.6) is 5.88 Å². The van der Waals surface area contributed by atoms with Crippen LogP contribution in [0.2, 0.25) is 5.02 Å². The first-order valence-electron chi connectivity index (χ1n) is 8.67. The van der Waals surface area contributed by atoms with E-state index in [0.717, 1.165) is 30.4 Å². The van der Waals surface area contributed by atoms with E-state index < -0.39 is 29.6 Å². The number of hydrogen-bond acceptors (Lipinski definition) is 9. The molecule has 0 aliphatic carbocycles. The summed E-state index contributed by atoms with van der Waals surface area (Å²) in [6.07, 6.45) is -2.74. The second kappa shape index (κ2) is 9.41. The second-order valence-corrected chi connectivity index (χ2v) is 6.27. The van der Waals surface area contributed by atoms with Crippen molar-refractivity contribution in [1.29, 1.82) is 0 Å². The zero-order chi connectivity index (χ0) is 22.6. The van der Waals surface area contributed by atoms with E-state index in [-0.39, 0.29) is 28.5 Å². The molecular formula is C17H15ClF3N5O5. The van der Waals surface area contributed by atoms with Gasteiger partial charge in [-0.05, 0) is 13.0 Å². The lowest BCUT2D eigenvalue weighted by molar-refractivity contribution is -0.262. The fraction of sp³-hybridized carbons (Fsp3) is 0.353. The van der Waals surface area contributed by atoms with Crippen LogP contribution in [-0.4, -0.2) is 57.1 Å². The van der Waals surface area contributed by atoms with Crippen LogP contribution in [0.3, 0.4) is 0 Å². The summed E-state index contributed by atoms with van der Waals surface area (Å²) in [6, 6.07) is 0.731. The maximum absolute atomic E-state index is 13.5. The molecule has 0 aliphatic heterocycles. The monoisotopic (exact) mass is 461 g/mol. The van der Waals surface area contributed by atoms with Crippen molar-refractivity contribution in [2.75, 3.05) is 20.3 Å². The highest BCUT2D eigenvalue weighted by Gasteiger charge is 2.36. The molecule has 0 saturated carbocycles. The minimum Gasteiger partial charge on any atom is -0.459 e. The van der Waals surface area contributed by atoms with E-state index in [4.69, 9.17) is 21.1 Å². The van der Waals surface area contributed by atoms with Crippen LogP contribution in [0.25, 0.3) is 16.9 Å². The number of pyridine rings is 1. The van der Waals surface area contributed by atoms with Crippen LogP contribution < -0.4 is 4.74 Å². The Hall–Kier alpha value is -3.03. The Balaban J connectivity index is 2.04. The number of aromatic nitrogens is 5. The molecule has 10 nitrogen and oxygen atoms in total. The van der Waals surface area contributed by atoms with E-state index >= 15 is 0 Å².